The van der Waals surface area contributed by atoms with Crippen LogP contribution in [-0.2, 0) is 6.42 Å². The van der Waals surface area contributed by atoms with Crippen molar-refractivity contribution in [2.45, 2.75) is 12.5 Å². The molecule has 0 fully saturated rings. The number of aliphatic hydroxyl groups excluding tert-OH is 1. The Morgan fingerprint density at radius 3 is 2.94 bits per heavy atom. The highest BCUT2D eigenvalue weighted by Crippen LogP contribution is 2.17. The zero-order valence-electron chi connectivity index (χ0n) is 9.77. The molecule has 0 saturated carbocycles. The fourth-order valence-electron chi connectivity index (χ4n) is 1.96. The molecule has 0 aliphatic rings. The molecule has 1 unspecified atom stereocenters. The molecule has 0 bridgehead atoms. The minimum Gasteiger partial charge on any atom is -0.386 e. The molecule has 3 rings (SSSR count). The summed E-state index contributed by atoms with van der Waals surface area (Å²) in [7, 11) is 0. The van der Waals surface area contributed by atoms with E-state index in [4.69, 9.17) is 0 Å². The molecule has 0 aliphatic heterocycles. The first-order valence-corrected chi connectivity index (χ1v) is 5.83. The van der Waals surface area contributed by atoms with Crippen LogP contribution in [-0.4, -0.2) is 19.5 Å². The van der Waals surface area contributed by atoms with E-state index in [0.29, 0.717) is 12.1 Å². The second kappa shape index (κ2) is 4.58. The van der Waals surface area contributed by atoms with Gasteiger partial charge < -0.3 is 9.51 Å². The van der Waals surface area contributed by atoms with Crippen molar-refractivity contribution < 1.29 is 5.11 Å². The van der Waals surface area contributed by atoms with Crippen molar-refractivity contribution in [2.75, 3.05) is 0 Å². The number of fused-ring (bicyclic) bond motifs is 1. The number of imidazole rings is 1. The van der Waals surface area contributed by atoms with E-state index in [1.807, 2.05) is 47.1 Å². The maximum atomic E-state index is 10.2. The molecule has 3 aromatic heterocycles. The summed E-state index contributed by atoms with van der Waals surface area (Å²) in [5, 5.41) is 10.2. The van der Waals surface area contributed by atoms with Crippen LogP contribution in [0.15, 0.2) is 55.1 Å². The summed E-state index contributed by atoms with van der Waals surface area (Å²) < 4.78 is 1.90. The number of aromatic nitrogens is 3. The molecule has 3 aromatic rings. The Kier molecular flexibility index (Phi) is 2.78. The monoisotopic (exact) mass is 239 g/mol. The number of pyridine rings is 2. The summed E-state index contributed by atoms with van der Waals surface area (Å²) in [4.78, 5) is 8.44. The zero-order chi connectivity index (χ0) is 12.4. The van der Waals surface area contributed by atoms with Crippen LogP contribution in [0.5, 0.6) is 0 Å². The Morgan fingerprint density at radius 2 is 2.17 bits per heavy atom. The highest BCUT2D eigenvalue weighted by molar-refractivity contribution is 5.39. The van der Waals surface area contributed by atoms with Gasteiger partial charge in [-0.25, -0.2) is 4.98 Å². The van der Waals surface area contributed by atoms with Crippen LogP contribution in [0.2, 0.25) is 0 Å². The van der Waals surface area contributed by atoms with Gasteiger partial charge in [-0.2, -0.15) is 0 Å². The van der Waals surface area contributed by atoms with Crippen molar-refractivity contribution >= 4 is 5.65 Å². The average molecular weight is 239 g/mol. The number of rotatable bonds is 3. The van der Waals surface area contributed by atoms with Crippen molar-refractivity contribution in [1.82, 2.24) is 14.4 Å². The van der Waals surface area contributed by atoms with Crippen LogP contribution in [0, 0.1) is 0 Å². The minimum absolute atomic E-state index is 0.526. The summed E-state index contributed by atoms with van der Waals surface area (Å²) in [6, 6.07) is 9.60. The summed E-state index contributed by atoms with van der Waals surface area (Å²) in [6.07, 6.45) is 7.19. The highest BCUT2D eigenvalue weighted by atomic mass is 16.3. The number of aliphatic hydroxyl groups is 1. The highest BCUT2D eigenvalue weighted by Gasteiger charge is 2.12. The lowest BCUT2D eigenvalue weighted by atomic mass is 10.1. The van der Waals surface area contributed by atoms with Gasteiger partial charge in [-0.05, 0) is 23.8 Å². The molecule has 0 spiro atoms. The summed E-state index contributed by atoms with van der Waals surface area (Å²) >= 11 is 0. The zero-order valence-corrected chi connectivity index (χ0v) is 9.77. The predicted octanol–water partition coefficient (Wildman–Crippen LogP) is 2.01. The van der Waals surface area contributed by atoms with Crippen LogP contribution in [0.4, 0.5) is 0 Å². The van der Waals surface area contributed by atoms with Gasteiger partial charge in [0.25, 0.3) is 0 Å². The average Bonchev–Trinajstić information content (AvgIpc) is 2.84. The lowest BCUT2D eigenvalue weighted by Crippen LogP contribution is -2.02. The van der Waals surface area contributed by atoms with Gasteiger partial charge in [0, 0.05) is 31.2 Å². The van der Waals surface area contributed by atoms with E-state index in [-0.39, 0.29) is 0 Å². The van der Waals surface area contributed by atoms with Gasteiger partial charge >= 0.3 is 0 Å². The third-order valence-corrected chi connectivity index (χ3v) is 2.88. The first-order chi connectivity index (χ1) is 8.83. The fourth-order valence-corrected chi connectivity index (χ4v) is 1.96. The maximum Gasteiger partial charge on any atom is 0.137 e. The SMILES string of the molecule is OC(Cc1cccnc1)c1cn2ccccc2n1. The van der Waals surface area contributed by atoms with E-state index in [0.717, 1.165) is 11.2 Å². The maximum absolute atomic E-state index is 10.2. The molecule has 1 atom stereocenters. The van der Waals surface area contributed by atoms with Crippen molar-refractivity contribution in [3.63, 3.8) is 0 Å². The first-order valence-electron chi connectivity index (χ1n) is 5.83. The van der Waals surface area contributed by atoms with Crippen LogP contribution in [0.25, 0.3) is 5.65 Å². The summed E-state index contributed by atoms with van der Waals surface area (Å²) in [5.74, 6) is 0. The standard InChI is InChI=1S/C14H13N3O/c18-13(8-11-4-3-6-15-9-11)12-10-17-7-2-1-5-14(17)16-12/h1-7,9-10,13,18H,8H2. The summed E-state index contributed by atoms with van der Waals surface area (Å²) in [5.41, 5.74) is 2.53. The molecule has 0 aromatic carbocycles. The topological polar surface area (TPSA) is 50.4 Å². The Labute approximate surface area is 105 Å². The predicted molar refractivity (Wildman–Crippen MR) is 68.1 cm³/mol. The Bertz CT molecular complexity index is 615. The third-order valence-electron chi connectivity index (χ3n) is 2.88. The van der Waals surface area contributed by atoms with Crippen molar-refractivity contribution in [3.8, 4) is 0 Å². The van der Waals surface area contributed by atoms with Crippen molar-refractivity contribution in [2.24, 2.45) is 0 Å². The van der Waals surface area contributed by atoms with Gasteiger partial charge in [-0.15, -0.1) is 0 Å². The number of hydrogen-bond donors (Lipinski definition) is 1. The largest absolute Gasteiger partial charge is 0.386 e. The molecule has 90 valence electrons. The molecule has 0 aliphatic carbocycles. The Balaban J connectivity index is 1.86. The van der Waals surface area contributed by atoms with Gasteiger partial charge in [0.15, 0.2) is 0 Å². The van der Waals surface area contributed by atoms with E-state index in [1.54, 1.807) is 12.4 Å². The molecule has 18 heavy (non-hydrogen) atoms. The molecular formula is C14H13N3O. The smallest absolute Gasteiger partial charge is 0.137 e. The van der Waals surface area contributed by atoms with Gasteiger partial charge in [0.1, 0.15) is 11.8 Å². The molecule has 4 nitrogen and oxygen atoms in total. The Hall–Kier alpha value is -2.20. The van der Waals surface area contributed by atoms with Crippen molar-refractivity contribution in [1.29, 1.82) is 0 Å². The number of nitrogens with zero attached hydrogens (tertiary/aromatic N) is 3. The third kappa shape index (κ3) is 2.10. The van der Waals surface area contributed by atoms with Crippen LogP contribution in [0.1, 0.15) is 17.4 Å². The molecule has 0 radical (unpaired) electrons. The molecular weight excluding hydrogens is 226 g/mol. The fraction of sp³-hybridized carbons (Fsp3) is 0.143. The van der Waals surface area contributed by atoms with E-state index in [9.17, 15) is 5.11 Å². The van der Waals surface area contributed by atoms with Gasteiger partial charge in [0.05, 0.1) is 5.69 Å². The quantitative estimate of drug-likeness (QED) is 0.760. The molecule has 0 amide bonds. The lowest BCUT2D eigenvalue weighted by molar-refractivity contribution is 0.174. The van der Waals surface area contributed by atoms with Crippen LogP contribution in [0.3, 0.4) is 0 Å². The van der Waals surface area contributed by atoms with Crippen molar-refractivity contribution in [3.05, 3.63) is 66.4 Å². The number of hydrogen-bond acceptors (Lipinski definition) is 3. The van der Waals surface area contributed by atoms with Crippen LogP contribution < -0.4 is 0 Å². The molecule has 0 saturated heterocycles. The van der Waals surface area contributed by atoms with E-state index >= 15 is 0 Å². The second-order valence-electron chi connectivity index (χ2n) is 4.21. The Morgan fingerprint density at radius 1 is 1.22 bits per heavy atom. The van der Waals surface area contributed by atoms with Gasteiger partial charge in [0.2, 0.25) is 0 Å². The van der Waals surface area contributed by atoms with Crippen LogP contribution >= 0.6 is 0 Å². The van der Waals surface area contributed by atoms with E-state index in [1.165, 1.54) is 0 Å². The summed E-state index contributed by atoms with van der Waals surface area (Å²) in [6.45, 7) is 0. The van der Waals surface area contributed by atoms with Gasteiger partial charge in [-0.3, -0.25) is 4.98 Å². The van der Waals surface area contributed by atoms with Gasteiger partial charge in [-0.1, -0.05) is 12.1 Å². The van der Waals surface area contributed by atoms with E-state index < -0.39 is 6.10 Å². The lowest BCUT2D eigenvalue weighted by Gasteiger charge is -2.06. The molecule has 4 heteroatoms. The molecule has 3 heterocycles. The minimum atomic E-state index is -0.603. The van der Waals surface area contributed by atoms with E-state index in [2.05, 4.69) is 9.97 Å². The normalized spacial score (nSPS) is 12.7. The molecule has 1 N–H and O–H groups in total. The second-order valence-corrected chi connectivity index (χ2v) is 4.21. The first kappa shape index (κ1) is 10.9.